The highest BCUT2D eigenvalue weighted by atomic mass is 32.1. The van der Waals surface area contributed by atoms with Crippen molar-refractivity contribution in [2.75, 3.05) is 0 Å². The van der Waals surface area contributed by atoms with Gasteiger partial charge in [-0.25, -0.2) is 9.97 Å². The second-order valence-corrected chi connectivity index (χ2v) is 14.4. The highest BCUT2D eigenvalue weighted by Crippen LogP contribution is 2.45. The lowest BCUT2D eigenvalue weighted by Crippen LogP contribution is -2.03. The Kier molecular flexibility index (Phi) is 5.35. The van der Waals surface area contributed by atoms with E-state index in [2.05, 4.69) is 138 Å². The molecule has 0 radical (unpaired) electrons. The number of nitrogens with zero attached hydrogens (tertiary/aromatic N) is 3. The van der Waals surface area contributed by atoms with E-state index in [1.807, 2.05) is 29.5 Å². The largest absolute Gasteiger partial charge is 0.436 e. The third-order valence-electron chi connectivity index (χ3n) is 10.6. The van der Waals surface area contributed by atoms with Crippen molar-refractivity contribution in [2.45, 2.75) is 0 Å². The van der Waals surface area contributed by atoms with E-state index in [9.17, 15) is 0 Å². The van der Waals surface area contributed by atoms with Gasteiger partial charge < -0.3 is 4.42 Å². The molecule has 4 nitrogen and oxygen atoms in total. The Labute approximate surface area is 294 Å². The molecule has 0 bridgehead atoms. The van der Waals surface area contributed by atoms with E-state index in [4.69, 9.17) is 14.4 Å². The average Bonchev–Trinajstić information content (AvgIpc) is 3.85. The Morgan fingerprint density at radius 3 is 2.04 bits per heavy atom. The maximum atomic E-state index is 6.38. The third kappa shape index (κ3) is 3.73. The highest BCUT2D eigenvalue weighted by Gasteiger charge is 2.24. The van der Waals surface area contributed by atoms with Gasteiger partial charge >= 0.3 is 0 Å². The molecule has 0 unspecified atom stereocenters. The van der Waals surface area contributed by atoms with Gasteiger partial charge in [-0.3, -0.25) is 4.57 Å². The second kappa shape index (κ2) is 10.0. The molecule has 12 aromatic rings. The second-order valence-electron chi connectivity index (χ2n) is 13.3. The summed E-state index contributed by atoms with van der Waals surface area (Å²) in [5.41, 5.74) is 6.08. The summed E-state index contributed by atoms with van der Waals surface area (Å²) in [6, 6.07) is 54.2. The van der Waals surface area contributed by atoms with E-state index >= 15 is 0 Å². The van der Waals surface area contributed by atoms with Crippen molar-refractivity contribution >= 4 is 108 Å². The van der Waals surface area contributed by atoms with Crippen molar-refractivity contribution < 1.29 is 4.42 Å². The van der Waals surface area contributed by atoms with Gasteiger partial charge in [0.15, 0.2) is 5.82 Å². The molecule has 0 aliphatic carbocycles. The van der Waals surface area contributed by atoms with Gasteiger partial charge in [0.2, 0.25) is 5.71 Å². The van der Waals surface area contributed by atoms with Crippen LogP contribution in [0.2, 0.25) is 0 Å². The summed E-state index contributed by atoms with van der Waals surface area (Å²) in [4.78, 5) is 10.9. The molecule has 0 saturated heterocycles. The van der Waals surface area contributed by atoms with Crippen LogP contribution in [0.5, 0.6) is 0 Å². The molecule has 4 aromatic heterocycles. The van der Waals surface area contributed by atoms with Crippen LogP contribution in [0.1, 0.15) is 0 Å². The number of hydrogen-bond acceptors (Lipinski definition) is 4. The molecule has 8 aromatic carbocycles. The Morgan fingerprint density at radius 1 is 0.490 bits per heavy atom. The summed E-state index contributed by atoms with van der Waals surface area (Å²) in [6.45, 7) is 0. The number of rotatable bonds is 2. The molecule has 0 aliphatic rings. The number of para-hydroxylation sites is 1. The van der Waals surface area contributed by atoms with Crippen molar-refractivity contribution in [3.63, 3.8) is 0 Å². The van der Waals surface area contributed by atoms with Gasteiger partial charge in [-0.2, -0.15) is 0 Å². The smallest absolute Gasteiger partial charge is 0.247 e. The minimum atomic E-state index is 0.535. The minimum absolute atomic E-state index is 0.535. The van der Waals surface area contributed by atoms with Crippen LogP contribution in [0.25, 0.3) is 114 Å². The van der Waals surface area contributed by atoms with Gasteiger partial charge in [0, 0.05) is 41.9 Å². The molecule has 51 heavy (non-hydrogen) atoms. The van der Waals surface area contributed by atoms with Crippen molar-refractivity contribution in [3.05, 3.63) is 152 Å². The standard InChI is InChI=1S/C46H25N3OS/c1-4-14-29-26(10-1)13-9-18-32(29)42-45(47-43-34-17-7-8-19-39(34)50-46(43)48-42)49-37-23-21-27-11-2-5-15-30(27)41(37)36-24-35-33-22-20-28-12-3-6-16-31(28)44(33)51-40(35)25-38(36)49/h1-25H. The predicted octanol–water partition coefficient (Wildman–Crippen LogP) is 13.0. The first-order valence-corrected chi connectivity index (χ1v) is 18.0. The zero-order valence-electron chi connectivity index (χ0n) is 27.1. The topological polar surface area (TPSA) is 43.9 Å². The summed E-state index contributed by atoms with van der Waals surface area (Å²) >= 11 is 1.87. The molecule has 5 heteroatoms. The molecule has 0 amide bonds. The molecular weight excluding hydrogens is 643 g/mol. The van der Waals surface area contributed by atoms with Crippen LogP contribution < -0.4 is 0 Å². The third-order valence-corrected chi connectivity index (χ3v) is 11.8. The van der Waals surface area contributed by atoms with Crippen molar-refractivity contribution in [2.24, 2.45) is 0 Å². The summed E-state index contributed by atoms with van der Waals surface area (Å²) in [5, 5.41) is 13.2. The van der Waals surface area contributed by atoms with Crippen LogP contribution in [-0.4, -0.2) is 14.5 Å². The first-order chi connectivity index (χ1) is 25.3. The van der Waals surface area contributed by atoms with Crippen LogP contribution in [0, 0.1) is 0 Å². The number of thiophene rings is 1. The monoisotopic (exact) mass is 667 g/mol. The van der Waals surface area contributed by atoms with Gasteiger partial charge in [0.25, 0.3) is 0 Å². The number of benzene rings is 8. The van der Waals surface area contributed by atoms with Gasteiger partial charge in [-0.15, -0.1) is 11.3 Å². The summed E-state index contributed by atoms with van der Waals surface area (Å²) < 4.78 is 11.3. The lowest BCUT2D eigenvalue weighted by Gasteiger charge is -2.14. The van der Waals surface area contributed by atoms with Gasteiger partial charge in [0.05, 0.1) is 11.0 Å². The Hall–Kier alpha value is -6.56. The number of aromatic nitrogens is 3. The molecule has 0 fully saturated rings. The van der Waals surface area contributed by atoms with Crippen molar-refractivity contribution in [3.8, 4) is 17.1 Å². The lowest BCUT2D eigenvalue weighted by molar-refractivity contribution is 0.653. The van der Waals surface area contributed by atoms with Gasteiger partial charge in [-0.1, -0.05) is 121 Å². The van der Waals surface area contributed by atoms with E-state index in [0.717, 1.165) is 55.4 Å². The van der Waals surface area contributed by atoms with E-state index in [0.29, 0.717) is 5.71 Å². The SMILES string of the molecule is c1ccc2c(-c3nc4oc5ccccc5c4nc3-n3c4cc5sc6c7ccccc7ccc6c5cc4c4c5ccccc5ccc43)cccc2c1. The Balaban J connectivity index is 1.29. The molecule has 12 rings (SSSR count). The highest BCUT2D eigenvalue weighted by molar-refractivity contribution is 7.26. The minimum Gasteiger partial charge on any atom is -0.436 e. The summed E-state index contributed by atoms with van der Waals surface area (Å²) in [7, 11) is 0. The summed E-state index contributed by atoms with van der Waals surface area (Å²) in [6.07, 6.45) is 0. The van der Waals surface area contributed by atoms with Crippen LogP contribution in [-0.2, 0) is 0 Å². The fraction of sp³-hybridized carbons (Fsp3) is 0. The number of furan rings is 1. The molecule has 0 N–H and O–H groups in total. The zero-order valence-corrected chi connectivity index (χ0v) is 27.9. The Morgan fingerprint density at radius 2 is 1.18 bits per heavy atom. The molecule has 236 valence electrons. The van der Waals surface area contributed by atoms with E-state index in [1.54, 1.807) is 0 Å². The van der Waals surface area contributed by atoms with E-state index < -0.39 is 0 Å². The number of fused-ring (bicyclic) bond motifs is 14. The first kappa shape index (κ1) is 27.3. The Bertz CT molecular complexity index is 3430. The van der Waals surface area contributed by atoms with E-state index in [1.165, 1.54) is 52.5 Å². The van der Waals surface area contributed by atoms with Crippen LogP contribution in [0.4, 0.5) is 0 Å². The maximum Gasteiger partial charge on any atom is 0.247 e. The molecule has 0 atom stereocenters. The first-order valence-electron chi connectivity index (χ1n) is 17.2. The van der Waals surface area contributed by atoms with Crippen molar-refractivity contribution in [1.29, 1.82) is 0 Å². The number of hydrogen-bond donors (Lipinski definition) is 0. The molecular formula is C46H25N3OS. The lowest BCUT2D eigenvalue weighted by atomic mass is 10.0. The van der Waals surface area contributed by atoms with E-state index in [-0.39, 0.29) is 0 Å². The van der Waals surface area contributed by atoms with Crippen LogP contribution in [0.3, 0.4) is 0 Å². The molecule has 0 spiro atoms. The van der Waals surface area contributed by atoms with Gasteiger partial charge in [0.1, 0.15) is 16.8 Å². The molecule has 4 heterocycles. The fourth-order valence-corrected chi connectivity index (χ4v) is 9.55. The van der Waals surface area contributed by atoms with Crippen molar-refractivity contribution in [1.82, 2.24) is 14.5 Å². The molecule has 0 aliphatic heterocycles. The quantitative estimate of drug-likeness (QED) is 0.184. The summed E-state index contributed by atoms with van der Waals surface area (Å²) in [5.74, 6) is 0.784. The predicted molar refractivity (Wildman–Crippen MR) is 214 cm³/mol. The van der Waals surface area contributed by atoms with Crippen LogP contribution in [0.15, 0.2) is 156 Å². The van der Waals surface area contributed by atoms with Crippen LogP contribution >= 0.6 is 11.3 Å². The maximum absolute atomic E-state index is 6.38. The normalized spacial score (nSPS) is 12.3. The zero-order chi connectivity index (χ0) is 33.2. The molecule has 0 saturated carbocycles. The van der Waals surface area contributed by atoms with Gasteiger partial charge in [-0.05, 0) is 62.6 Å². The fourth-order valence-electron chi connectivity index (χ4n) is 8.29. The average molecular weight is 668 g/mol.